The molecular weight excluding hydrogens is 633 g/mol. The highest BCUT2D eigenvalue weighted by atomic mass is 19.4. The summed E-state index contributed by atoms with van der Waals surface area (Å²) in [6, 6.07) is 15.7. The van der Waals surface area contributed by atoms with E-state index in [4.69, 9.17) is 9.47 Å². The third kappa shape index (κ3) is 7.78. The third-order valence-electron chi connectivity index (χ3n) is 8.41. The van der Waals surface area contributed by atoms with Crippen LogP contribution in [0.25, 0.3) is 0 Å². The molecule has 4 atom stereocenters. The monoisotopic (exact) mass is 664 g/mol. The van der Waals surface area contributed by atoms with E-state index in [-0.39, 0.29) is 24.7 Å². The van der Waals surface area contributed by atoms with Crippen molar-refractivity contribution in [1.82, 2.24) is 10.6 Å². The van der Waals surface area contributed by atoms with Gasteiger partial charge in [-0.05, 0) is 79.3 Å². The molecule has 1 saturated carbocycles. The Bertz CT molecular complexity index is 1620. The predicted molar refractivity (Wildman–Crippen MR) is 156 cm³/mol. The lowest BCUT2D eigenvalue weighted by atomic mass is 9.88. The zero-order valence-electron chi connectivity index (χ0n) is 25.3. The Morgan fingerprint density at radius 2 is 1.60 bits per heavy atom. The van der Waals surface area contributed by atoms with Gasteiger partial charge in [0.2, 0.25) is 5.91 Å². The Balaban J connectivity index is 1.40. The van der Waals surface area contributed by atoms with Crippen LogP contribution in [0, 0.1) is 5.82 Å². The maximum atomic E-state index is 13.9. The molecule has 0 radical (unpaired) electrons. The average Bonchev–Trinajstić information content (AvgIpc) is 3.55. The molecule has 1 aliphatic heterocycles. The van der Waals surface area contributed by atoms with Gasteiger partial charge in [-0.25, -0.2) is 9.18 Å². The molecule has 2 N–H and O–H groups in total. The number of alkyl carbamates (subject to hydrolysis) is 1. The van der Waals surface area contributed by atoms with E-state index in [1.165, 1.54) is 38.1 Å². The summed E-state index contributed by atoms with van der Waals surface area (Å²) < 4.78 is 106. The lowest BCUT2D eigenvalue weighted by molar-refractivity contribution is -0.143. The van der Waals surface area contributed by atoms with Crippen molar-refractivity contribution in [2.24, 2.45) is 0 Å². The molecule has 1 heterocycles. The zero-order chi connectivity index (χ0) is 34.1. The highest BCUT2D eigenvalue weighted by Gasteiger charge is 2.46. The zero-order valence-corrected chi connectivity index (χ0v) is 25.3. The van der Waals surface area contributed by atoms with Crippen LogP contribution in [0.5, 0.6) is 0 Å². The van der Waals surface area contributed by atoms with Crippen LogP contribution in [-0.2, 0) is 33.2 Å². The van der Waals surface area contributed by atoms with Crippen molar-refractivity contribution in [1.29, 1.82) is 0 Å². The first-order valence-corrected chi connectivity index (χ1v) is 14.8. The first-order valence-electron chi connectivity index (χ1n) is 14.8. The number of alkyl halides is 6. The van der Waals surface area contributed by atoms with Crippen LogP contribution in [0.15, 0.2) is 84.1 Å². The summed E-state index contributed by atoms with van der Waals surface area (Å²) in [4.78, 5) is 25.8. The van der Waals surface area contributed by atoms with Gasteiger partial charge < -0.3 is 20.1 Å². The second kappa shape index (κ2) is 13.0. The van der Waals surface area contributed by atoms with E-state index in [1.54, 1.807) is 24.3 Å². The summed E-state index contributed by atoms with van der Waals surface area (Å²) in [5, 5.41) is 5.44. The van der Waals surface area contributed by atoms with Crippen LogP contribution >= 0.6 is 0 Å². The number of hydrogen-bond acceptors (Lipinski definition) is 4. The second-order valence-electron chi connectivity index (χ2n) is 11.9. The average molecular weight is 665 g/mol. The van der Waals surface area contributed by atoms with Crippen molar-refractivity contribution in [2.75, 3.05) is 0 Å². The van der Waals surface area contributed by atoms with Crippen LogP contribution in [0.2, 0.25) is 0 Å². The molecule has 0 aromatic heterocycles. The number of benzene rings is 3. The van der Waals surface area contributed by atoms with E-state index >= 15 is 0 Å². The van der Waals surface area contributed by atoms with E-state index in [9.17, 15) is 40.3 Å². The topological polar surface area (TPSA) is 76.7 Å². The molecule has 250 valence electrons. The van der Waals surface area contributed by atoms with E-state index in [1.807, 2.05) is 6.07 Å². The Hall–Kier alpha value is -4.39. The SMILES string of the molecule is C[C@@H](OC1CCC(=C2C[C@@](C)(NC(=O)OCc3ccccc3)C(=O)N2)[C@@H]1c1ccc(F)cc1)c1cc(C(F)(F)F)cc(C(F)(F)F)c1. The molecule has 0 bridgehead atoms. The number of carbonyl (C=O) groups excluding carboxylic acids is 2. The van der Waals surface area contributed by atoms with Crippen LogP contribution in [0.1, 0.15) is 72.9 Å². The number of carbonyl (C=O) groups is 2. The molecule has 1 aliphatic carbocycles. The maximum Gasteiger partial charge on any atom is 0.416 e. The number of halogens is 7. The third-order valence-corrected chi connectivity index (χ3v) is 8.41. The second-order valence-corrected chi connectivity index (χ2v) is 11.9. The quantitative estimate of drug-likeness (QED) is 0.249. The standard InChI is InChI=1S/C34H31F7N2O4/c1-19(22-14-23(33(36,37)38)16-24(15-22)34(39,40)41)47-28-13-12-26(29(28)21-8-10-25(35)11-9-21)27-17-32(2,30(44)42-27)43-31(45)46-18-20-6-4-3-5-7-20/h3-11,14-16,19,28-29H,12-13,17-18H2,1-2H3,(H,42,44)(H,43,45)/t19-,28?,29+,32-/m1/s1. The molecule has 2 amide bonds. The Kier molecular flexibility index (Phi) is 9.40. The van der Waals surface area contributed by atoms with Gasteiger partial charge in [0.15, 0.2) is 0 Å². The van der Waals surface area contributed by atoms with Gasteiger partial charge in [0, 0.05) is 18.0 Å². The minimum atomic E-state index is -5.02. The first-order chi connectivity index (χ1) is 22.0. The molecule has 47 heavy (non-hydrogen) atoms. The fraction of sp³-hybridized carbons (Fsp3) is 0.353. The van der Waals surface area contributed by atoms with Gasteiger partial charge in [0.25, 0.3) is 0 Å². The van der Waals surface area contributed by atoms with Crippen molar-refractivity contribution in [3.63, 3.8) is 0 Å². The summed E-state index contributed by atoms with van der Waals surface area (Å²) in [5.74, 6) is -1.65. The Morgan fingerprint density at radius 1 is 0.979 bits per heavy atom. The number of hydrogen-bond donors (Lipinski definition) is 2. The molecule has 0 spiro atoms. The van der Waals surface area contributed by atoms with Gasteiger partial charge in [-0.15, -0.1) is 0 Å². The molecule has 5 rings (SSSR count). The smallest absolute Gasteiger partial charge is 0.416 e. The van der Waals surface area contributed by atoms with Crippen LogP contribution in [0.4, 0.5) is 35.5 Å². The predicted octanol–water partition coefficient (Wildman–Crippen LogP) is 8.35. The number of rotatable bonds is 7. The highest BCUT2D eigenvalue weighted by Crippen LogP contribution is 2.47. The molecule has 2 fully saturated rings. The summed E-state index contributed by atoms with van der Waals surface area (Å²) in [6.45, 7) is 2.88. The van der Waals surface area contributed by atoms with Crippen LogP contribution in [0.3, 0.4) is 0 Å². The summed E-state index contributed by atoms with van der Waals surface area (Å²) >= 11 is 0. The highest BCUT2D eigenvalue weighted by molar-refractivity contribution is 5.94. The van der Waals surface area contributed by atoms with E-state index in [0.717, 1.165) is 5.56 Å². The van der Waals surface area contributed by atoms with Gasteiger partial charge in [-0.1, -0.05) is 42.5 Å². The molecule has 1 unspecified atom stereocenters. The lowest BCUT2D eigenvalue weighted by Crippen LogP contribution is -2.51. The molecule has 3 aromatic carbocycles. The van der Waals surface area contributed by atoms with Crippen molar-refractivity contribution >= 4 is 12.0 Å². The molecule has 6 nitrogen and oxygen atoms in total. The van der Waals surface area contributed by atoms with Crippen molar-refractivity contribution < 1.29 is 49.8 Å². The van der Waals surface area contributed by atoms with E-state index in [0.29, 0.717) is 41.8 Å². The maximum absolute atomic E-state index is 13.9. The van der Waals surface area contributed by atoms with E-state index < -0.39 is 65.0 Å². The number of ether oxygens (including phenoxy) is 2. The van der Waals surface area contributed by atoms with Gasteiger partial charge in [0.1, 0.15) is 18.0 Å². The molecular formula is C34H31F7N2O4. The minimum absolute atomic E-state index is 0.0154. The normalized spacial score (nSPS) is 23.8. The lowest BCUT2D eigenvalue weighted by Gasteiger charge is -2.27. The van der Waals surface area contributed by atoms with Gasteiger partial charge in [-0.2, -0.15) is 26.3 Å². The fourth-order valence-electron chi connectivity index (χ4n) is 6.00. The van der Waals surface area contributed by atoms with E-state index in [2.05, 4.69) is 10.6 Å². The number of nitrogens with one attached hydrogen (secondary N) is 2. The molecule has 13 heteroatoms. The summed E-state index contributed by atoms with van der Waals surface area (Å²) in [6.07, 6.45) is -12.1. The van der Waals surface area contributed by atoms with Crippen molar-refractivity contribution in [2.45, 2.75) is 75.7 Å². The van der Waals surface area contributed by atoms with Gasteiger partial charge in [-0.3, -0.25) is 4.79 Å². The Labute approximate surface area is 265 Å². The van der Waals surface area contributed by atoms with Crippen molar-refractivity contribution in [3.8, 4) is 0 Å². The van der Waals surface area contributed by atoms with Crippen LogP contribution in [-0.4, -0.2) is 23.6 Å². The van der Waals surface area contributed by atoms with Crippen LogP contribution < -0.4 is 10.6 Å². The first kappa shape index (κ1) is 34.0. The fourth-order valence-corrected chi connectivity index (χ4v) is 6.00. The molecule has 3 aromatic rings. The number of amides is 2. The van der Waals surface area contributed by atoms with Crippen molar-refractivity contribution in [3.05, 3.63) is 118 Å². The largest absolute Gasteiger partial charge is 0.445 e. The molecule has 2 aliphatic rings. The minimum Gasteiger partial charge on any atom is -0.445 e. The van der Waals surface area contributed by atoms with Gasteiger partial charge >= 0.3 is 18.4 Å². The summed E-state index contributed by atoms with van der Waals surface area (Å²) in [5.41, 5.74) is -2.12. The Morgan fingerprint density at radius 3 is 2.19 bits per heavy atom. The summed E-state index contributed by atoms with van der Waals surface area (Å²) in [7, 11) is 0. The molecule has 1 saturated heterocycles. The van der Waals surface area contributed by atoms with Gasteiger partial charge in [0.05, 0.1) is 23.3 Å².